The minimum absolute atomic E-state index is 0.0421. The molecule has 2 amide bonds. The zero-order valence-electron chi connectivity index (χ0n) is 18.9. The van der Waals surface area contributed by atoms with Gasteiger partial charge in [0.25, 0.3) is 0 Å². The van der Waals surface area contributed by atoms with Crippen LogP contribution in [0.25, 0.3) is 0 Å². The van der Waals surface area contributed by atoms with E-state index in [1.807, 2.05) is 30.5 Å². The van der Waals surface area contributed by atoms with E-state index in [0.717, 1.165) is 34.7 Å². The summed E-state index contributed by atoms with van der Waals surface area (Å²) in [5.41, 5.74) is 2.38. The lowest BCUT2D eigenvalue weighted by molar-refractivity contribution is -0.121. The summed E-state index contributed by atoms with van der Waals surface area (Å²) in [6.45, 7) is 2.73. The Labute approximate surface area is 199 Å². The third-order valence-corrected chi connectivity index (χ3v) is 8.87. The van der Waals surface area contributed by atoms with Gasteiger partial charge in [-0.25, -0.2) is 8.42 Å². The molecule has 176 valence electrons. The number of sulfonamides is 1. The summed E-state index contributed by atoms with van der Waals surface area (Å²) < 4.78 is 28.2. The summed E-state index contributed by atoms with van der Waals surface area (Å²) in [6.07, 6.45) is 4.80. The van der Waals surface area contributed by atoms with E-state index in [9.17, 15) is 18.0 Å². The maximum atomic E-state index is 13.4. The molecule has 1 unspecified atom stereocenters. The second kappa shape index (κ2) is 9.87. The second-order valence-corrected chi connectivity index (χ2v) is 11.3. The third-order valence-electron chi connectivity index (χ3n) is 6.28. The molecule has 0 radical (unpaired) electrons. The van der Waals surface area contributed by atoms with Gasteiger partial charge in [-0.15, -0.1) is 11.8 Å². The summed E-state index contributed by atoms with van der Waals surface area (Å²) in [7, 11) is -3.74. The van der Waals surface area contributed by atoms with Crippen molar-refractivity contribution in [2.75, 3.05) is 36.1 Å². The van der Waals surface area contributed by atoms with Crippen molar-refractivity contribution in [3.63, 3.8) is 0 Å². The Bertz CT molecular complexity index is 1170. The molecule has 1 fully saturated rings. The number of anilines is 2. The average Bonchev–Trinajstić information content (AvgIpc) is 2.83. The summed E-state index contributed by atoms with van der Waals surface area (Å²) in [6, 6.07) is 12.6. The molecule has 2 heterocycles. The van der Waals surface area contributed by atoms with Gasteiger partial charge in [-0.2, -0.15) is 4.31 Å². The van der Waals surface area contributed by atoms with E-state index in [4.69, 9.17) is 0 Å². The summed E-state index contributed by atoms with van der Waals surface area (Å²) in [5.74, 6) is -0.604. The molecule has 1 saturated heterocycles. The molecule has 0 aliphatic carbocycles. The van der Waals surface area contributed by atoms with E-state index in [2.05, 4.69) is 5.32 Å². The van der Waals surface area contributed by atoms with Crippen molar-refractivity contribution in [2.45, 2.75) is 42.4 Å². The first-order chi connectivity index (χ1) is 15.8. The Morgan fingerprint density at radius 3 is 2.67 bits per heavy atom. The van der Waals surface area contributed by atoms with Crippen LogP contribution in [0, 0.1) is 5.92 Å². The summed E-state index contributed by atoms with van der Waals surface area (Å²) in [4.78, 5) is 27.8. The number of aryl methyl sites for hydroxylation is 1. The molecule has 1 N–H and O–H groups in total. The number of hydrogen-bond donors (Lipinski definition) is 1. The first kappa shape index (κ1) is 23.8. The van der Waals surface area contributed by atoms with E-state index in [1.54, 1.807) is 34.9 Å². The number of nitrogens with one attached hydrogen (secondary N) is 1. The van der Waals surface area contributed by atoms with Crippen LogP contribution < -0.4 is 10.2 Å². The zero-order valence-corrected chi connectivity index (χ0v) is 20.5. The van der Waals surface area contributed by atoms with Crippen molar-refractivity contribution < 1.29 is 18.0 Å². The van der Waals surface area contributed by atoms with Crippen LogP contribution in [-0.2, 0) is 26.0 Å². The largest absolute Gasteiger partial charge is 0.326 e. The minimum atomic E-state index is -3.74. The van der Waals surface area contributed by atoms with Crippen LogP contribution in [0.3, 0.4) is 0 Å². The number of hydrogen-bond acceptors (Lipinski definition) is 5. The molecule has 7 nitrogen and oxygen atoms in total. The van der Waals surface area contributed by atoms with Gasteiger partial charge < -0.3 is 10.2 Å². The van der Waals surface area contributed by atoms with E-state index >= 15 is 0 Å². The summed E-state index contributed by atoms with van der Waals surface area (Å²) >= 11 is 1.60. The van der Waals surface area contributed by atoms with E-state index in [1.165, 1.54) is 11.2 Å². The smallest absolute Gasteiger partial charge is 0.243 e. The highest BCUT2D eigenvalue weighted by Crippen LogP contribution is 2.32. The molecule has 2 aliphatic heterocycles. The fraction of sp³-hybridized carbons (Fsp3) is 0.417. The molecule has 1 atom stereocenters. The number of nitrogens with zero attached hydrogens (tertiary/aromatic N) is 2. The van der Waals surface area contributed by atoms with Crippen LogP contribution in [0.1, 0.15) is 31.7 Å². The van der Waals surface area contributed by atoms with Crippen molar-refractivity contribution >= 4 is 45.0 Å². The number of piperidine rings is 1. The number of rotatable bonds is 5. The molecule has 9 heteroatoms. The van der Waals surface area contributed by atoms with Crippen molar-refractivity contribution in [2.24, 2.45) is 5.92 Å². The van der Waals surface area contributed by atoms with Crippen molar-refractivity contribution in [1.82, 2.24) is 4.31 Å². The second-order valence-electron chi connectivity index (χ2n) is 8.49. The standard InChI is InChI=1S/C24H29N3O4S2/c1-17(28)27-13-5-6-18-14-22(10-11-23(18)27)33(30,31)26-12-4-7-19(16-26)24(29)25-20-8-3-9-21(15-20)32-2/h3,8-11,14-15,19H,4-7,12-13,16H2,1-2H3,(H,25,29). The Hall–Kier alpha value is -2.36. The molecule has 0 bridgehead atoms. The summed E-state index contributed by atoms with van der Waals surface area (Å²) in [5, 5.41) is 2.94. The third kappa shape index (κ3) is 5.10. The SMILES string of the molecule is CSc1cccc(NC(=O)C2CCCN(S(=O)(=O)c3ccc4c(c3)CCCN4C(C)=O)C2)c1. The molecule has 4 rings (SSSR count). The van der Waals surface area contributed by atoms with Gasteiger partial charge in [0.15, 0.2) is 0 Å². The Balaban J connectivity index is 1.50. The number of benzene rings is 2. The van der Waals surface area contributed by atoms with Gasteiger partial charge in [0.2, 0.25) is 21.8 Å². The molecule has 2 aromatic carbocycles. The highest BCUT2D eigenvalue weighted by Gasteiger charge is 2.34. The van der Waals surface area contributed by atoms with Gasteiger partial charge in [-0.3, -0.25) is 9.59 Å². The lowest BCUT2D eigenvalue weighted by atomic mass is 9.99. The molecular weight excluding hydrogens is 458 g/mol. The van der Waals surface area contributed by atoms with E-state index in [0.29, 0.717) is 25.9 Å². The molecule has 33 heavy (non-hydrogen) atoms. The van der Waals surface area contributed by atoms with Crippen LogP contribution in [-0.4, -0.2) is 50.4 Å². The predicted molar refractivity (Wildman–Crippen MR) is 131 cm³/mol. The lowest BCUT2D eigenvalue weighted by Crippen LogP contribution is -2.43. The molecule has 0 spiro atoms. The van der Waals surface area contributed by atoms with Gasteiger partial charge in [0.05, 0.1) is 10.8 Å². The maximum Gasteiger partial charge on any atom is 0.243 e. The van der Waals surface area contributed by atoms with Crippen molar-refractivity contribution in [1.29, 1.82) is 0 Å². The highest BCUT2D eigenvalue weighted by atomic mass is 32.2. The minimum Gasteiger partial charge on any atom is -0.326 e. The normalized spacial score (nSPS) is 19.1. The molecule has 0 saturated carbocycles. The number of thioether (sulfide) groups is 1. The Morgan fingerprint density at radius 2 is 1.91 bits per heavy atom. The van der Waals surface area contributed by atoms with Crippen LogP contribution in [0.5, 0.6) is 0 Å². The average molecular weight is 488 g/mol. The van der Waals surface area contributed by atoms with Gasteiger partial charge in [-0.1, -0.05) is 6.07 Å². The molecule has 2 aromatic rings. The van der Waals surface area contributed by atoms with Gasteiger partial charge >= 0.3 is 0 Å². The predicted octanol–water partition coefficient (Wildman–Crippen LogP) is 3.75. The number of carbonyl (C=O) groups excluding carboxylic acids is 2. The van der Waals surface area contributed by atoms with Crippen LogP contribution in [0.2, 0.25) is 0 Å². The number of fused-ring (bicyclic) bond motifs is 1. The van der Waals surface area contributed by atoms with E-state index < -0.39 is 15.9 Å². The molecule has 2 aliphatic rings. The fourth-order valence-corrected chi connectivity index (χ4v) is 6.56. The van der Waals surface area contributed by atoms with Gasteiger partial charge in [0, 0.05) is 42.8 Å². The topological polar surface area (TPSA) is 86.8 Å². The van der Waals surface area contributed by atoms with E-state index in [-0.39, 0.29) is 23.3 Å². The first-order valence-electron chi connectivity index (χ1n) is 11.2. The molecular formula is C24H29N3O4S2. The van der Waals surface area contributed by atoms with Crippen molar-refractivity contribution in [3.05, 3.63) is 48.0 Å². The zero-order chi connectivity index (χ0) is 23.6. The Kier molecular flexibility index (Phi) is 7.11. The first-order valence-corrected chi connectivity index (χ1v) is 13.8. The quantitative estimate of drug-likeness (QED) is 0.649. The van der Waals surface area contributed by atoms with Crippen LogP contribution in [0.4, 0.5) is 11.4 Å². The fourth-order valence-electron chi connectivity index (χ4n) is 4.53. The number of carbonyl (C=O) groups is 2. The molecule has 0 aromatic heterocycles. The highest BCUT2D eigenvalue weighted by molar-refractivity contribution is 7.98. The monoisotopic (exact) mass is 487 g/mol. The number of amides is 2. The maximum absolute atomic E-state index is 13.4. The lowest BCUT2D eigenvalue weighted by Gasteiger charge is -2.32. The Morgan fingerprint density at radius 1 is 1.09 bits per heavy atom. The van der Waals surface area contributed by atoms with Crippen molar-refractivity contribution in [3.8, 4) is 0 Å². The van der Waals surface area contributed by atoms with Gasteiger partial charge in [-0.05, 0) is 73.9 Å². The van der Waals surface area contributed by atoms with Crippen LogP contribution in [0.15, 0.2) is 52.3 Å². The van der Waals surface area contributed by atoms with Crippen LogP contribution >= 0.6 is 11.8 Å². The van der Waals surface area contributed by atoms with Gasteiger partial charge in [0.1, 0.15) is 0 Å².